The molecule has 3 nitrogen and oxygen atoms in total. The molecule has 3 aromatic carbocycles. The van der Waals surface area contributed by atoms with Crippen molar-refractivity contribution in [2.45, 2.75) is 5.41 Å². The van der Waals surface area contributed by atoms with Crippen molar-refractivity contribution in [3.05, 3.63) is 95.6 Å². The first-order valence-electron chi connectivity index (χ1n) is 8.27. The van der Waals surface area contributed by atoms with Gasteiger partial charge in [0.2, 0.25) is 5.91 Å². The van der Waals surface area contributed by atoms with Gasteiger partial charge in [-0.2, -0.15) is 0 Å². The number of methoxy groups -OCH3 is 1. The molecule has 0 saturated carbocycles. The van der Waals surface area contributed by atoms with Crippen LogP contribution in [0, 0.1) is 0 Å². The zero-order chi connectivity index (χ0) is 17.4. The fraction of sp³-hybridized carbons (Fsp3) is 0.136. The van der Waals surface area contributed by atoms with Crippen LogP contribution in [-0.2, 0) is 10.2 Å². The average Bonchev–Trinajstić information content (AvgIpc) is 2.91. The molecule has 0 N–H and O–H groups in total. The van der Waals surface area contributed by atoms with Crippen molar-refractivity contribution >= 4 is 11.6 Å². The average molecular weight is 329 g/mol. The Hall–Kier alpha value is -3.07. The van der Waals surface area contributed by atoms with E-state index in [0.717, 1.165) is 28.1 Å². The third-order valence-electron chi connectivity index (χ3n) is 5.02. The van der Waals surface area contributed by atoms with E-state index in [1.54, 1.807) is 12.0 Å². The van der Waals surface area contributed by atoms with Crippen molar-refractivity contribution in [3.8, 4) is 5.75 Å². The molecule has 0 spiro atoms. The Labute approximate surface area is 147 Å². The maximum atomic E-state index is 13.5. The Kier molecular flexibility index (Phi) is 3.57. The van der Waals surface area contributed by atoms with Crippen LogP contribution in [0.3, 0.4) is 0 Å². The molecule has 0 saturated heterocycles. The predicted molar refractivity (Wildman–Crippen MR) is 99.2 cm³/mol. The molecule has 124 valence electrons. The lowest BCUT2D eigenvalue weighted by molar-refractivity contribution is -0.120. The fourth-order valence-electron chi connectivity index (χ4n) is 3.81. The van der Waals surface area contributed by atoms with Crippen molar-refractivity contribution in [1.82, 2.24) is 0 Å². The molecule has 4 rings (SSSR count). The SMILES string of the molecule is COc1ccc(C2(c3ccccc3)C(=O)N(C)c3ccccc32)cc1. The van der Waals surface area contributed by atoms with Gasteiger partial charge in [-0.05, 0) is 29.3 Å². The number of amides is 1. The molecule has 3 aromatic rings. The number of nitrogens with zero attached hydrogens (tertiary/aromatic N) is 1. The van der Waals surface area contributed by atoms with Crippen LogP contribution < -0.4 is 9.64 Å². The smallest absolute Gasteiger partial charge is 0.246 e. The molecule has 0 aliphatic carbocycles. The van der Waals surface area contributed by atoms with Gasteiger partial charge >= 0.3 is 0 Å². The summed E-state index contributed by atoms with van der Waals surface area (Å²) in [5.41, 5.74) is 3.05. The summed E-state index contributed by atoms with van der Waals surface area (Å²) in [5.74, 6) is 0.837. The third-order valence-corrected chi connectivity index (χ3v) is 5.02. The molecule has 0 fully saturated rings. The summed E-state index contributed by atoms with van der Waals surface area (Å²) in [5, 5.41) is 0. The highest BCUT2D eigenvalue weighted by Gasteiger charge is 2.52. The summed E-state index contributed by atoms with van der Waals surface area (Å²) in [6.45, 7) is 0. The normalized spacial score (nSPS) is 19.0. The van der Waals surface area contributed by atoms with E-state index >= 15 is 0 Å². The number of fused-ring (bicyclic) bond motifs is 1. The molecule has 1 aliphatic heterocycles. The van der Waals surface area contributed by atoms with Gasteiger partial charge in [0.1, 0.15) is 11.2 Å². The van der Waals surface area contributed by atoms with Crippen LogP contribution in [0.25, 0.3) is 0 Å². The largest absolute Gasteiger partial charge is 0.497 e. The first-order chi connectivity index (χ1) is 12.2. The highest BCUT2D eigenvalue weighted by atomic mass is 16.5. The summed E-state index contributed by atoms with van der Waals surface area (Å²) in [4.78, 5) is 15.3. The minimum absolute atomic E-state index is 0.0602. The third kappa shape index (κ3) is 2.09. The van der Waals surface area contributed by atoms with Crippen LogP contribution in [-0.4, -0.2) is 20.1 Å². The number of anilines is 1. The highest BCUT2D eigenvalue weighted by molar-refractivity contribution is 6.12. The first-order valence-corrected chi connectivity index (χ1v) is 8.27. The molecule has 0 radical (unpaired) electrons. The lowest BCUT2D eigenvalue weighted by Gasteiger charge is -2.30. The molecule has 1 atom stereocenters. The summed E-state index contributed by atoms with van der Waals surface area (Å²) in [7, 11) is 3.49. The Morgan fingerprint density at radius 2 is 1.40 bits per heavy atom. The predicted octanol–water partition coefficient (Wildman–Crippen LogP) is 4.01. The Balaban J connectivity index is 2.06. The van der Waals surface area contributed by atoms with Crippen LogP contribution >= 0.6 is 0 Å². The van der Waals surface area contributed by atoms with Gasteiger partial charge in [0.25, 0.3) is 0 Å². The molecule has 1 amide bonds. The van der Waals surface area contributed by atoms with Crippen LogP contribution in [0.2, 0.25) is 0 Å². The Bertz CT molecular complexity index is 918. The summed E-state index contributed by atoms with van der Waals surface area (Å²) in [6, 6.07) is 25.8. The van der Waals surface area contributed by atoms with E-state index in [1.807, 2.05) is 85.9 Å². The lowest BCUT2D eigenvalue weighted by Crippen LogP contribution is -2.40. The van der Waals surface area contributed by atoms with Crippen molar-refractivity contribution in [2.24, 2.45) is 0 Å². The van der Waals surface area contributed by atoms with E-state index in [9.17, 15) is 4.79 Å². The molecule has 1 heterocycles. The fourth-order valence-corrected chi connectivity index (χ4v) is 3.81. The van der Waals surface area contributed by atoms with Crippen molar-refractivity contribution in [2.75, 3.05) is 19.1 Å². The van der Waals surface area contributed by atoms with Crippen LogP contribution in [0.4, 0.5) is 5.69 Å². The topological polar surface area (TPSA) is 29.5 Å². The van der Waals surface area contributed by atoms with E-state index < -0.39 is 5.41 Å². The number of hydrogen-bond donors (Lipinski definition) is 0. The van der Waals surface area contributed by atoms with Gasteiger partial charge in [0, 0.05) is 18.3 Å². The quantitative estimate of drug-likeness (QED) is 0.727. The molecule has 3 heteroatoms. The van der Waals surface area contributed by atoms with Crippen molar-refractivity contribution < 1.29 is 9.53 Å². The van der Waals surface area contributed by atoms with Crippen molar-refractivity contribution in [1.29, 1.82) is 0 Å². The number of carbonyl (C=O) groups excluding carboxylic acids is 1. The first kappa shape index (κ1) is 15.5. The maximum Gasteiger partial charge on any atom is 0.246 e. The van der Waals surface area contributed by atoms with Crippen LogP contribution in [0.1, 0.15) is 16.7 Å². The van der Waals surface area contributed by atoms with Crippen LogP contribution in [0.5, 0.6) is 5.75 Å². The molecule has 25 heavy (non-hydrogen) atoms. The van der Waals surface area contributed by atoms with Gasteiger partial charge in [-0.25, -0.2) is 0 Å². The number of likely N-dealkylation sites (N-methyl/N-ethyl adjacent to an activating group) is 1. The second-order valence-corrected chi connectivity index (χ2v) is 6.23. The number of rotatable bonds is 3. The van der Waals surface area contributed by atoms with E-state index in [4.69, 9.17) is 4.74 Å². The Morgan fingerprint density at radius 3 is 2.08 bits per heavy atom. The van der Waals surface area contributed by atoms with Gasteiger partial charge < -0.3 is 9.64 Å². The van der Waals surface area contributed by atoms with E-state index in [1.165, 1.54) is 0 Å². The molecule has 0 bridgehead atoms. The van der Waals surface area contributed by atoms with E-state index in [-0.39, 0.29) is 5.91 Å². The summed E-state index contributed by atoms with van der Waals surface area (Å²) >= 11 is 0. The number of benzene rings is 3. The van der Waals surface area contributed by atoms with Gasteiger partial charge in [-0.1, -0.05) is 60.7 Å². The van der Waals surface area contributed by atoms with Gasteiger partial charge in [0.05, 0.1) is 7.11 Å². The molecule has 1 unspecified atom stereocenters. The number of carbonyl (C=O) groups is 1. The molecule has 0 aromatic heterocycles. The van der Waals surface area contributed by atoms with Crippen LogP contribution in [0.15, 0.2) is 78.9 Å². The standard InChI is InChI=1S/C22H19NO2/c1-23-20-11-7-6-10-19(20)22(21(23)24,16-8-4-3-5-9-16)17-12-14-18(25-2)15-13-17/h3-15H,1-2H3. The maximum absolute atomic E-state index is 13.5. The molecular weight excluding hydrogens is 310 g/mol. The number of para-hydroxylation sites is 1. The number of hydrogen-bond acceptors (Lipinski definition) is 2. The van der Waals surface area contributed by atoms with Gasteiger partial charge in [-0.3, -0.25) is 4.79 Å². The highest BCUT2D eigenvalue weighted by Crippen LogP contribution is 2.49. The number of ether oxygens (including phenoxy) is 1. The Morgan fingerprint density at radius 1 is 0.800 bits per heavy atom. The zero-order valence-electron chi connectivity index (χ0n) is 14.3. The van der Waals surface area contributed by atoms with E-state index in [2.05, 4.69) is 0 Å². The minimum Gasteiger partial charge on any atom is -0.497 e. The zero-order valence-corrected chi connectivity index (χ0v) is 14.3. The molecular formula is C22H19NO2. The second kappa shape index (κ2) is 5.78. The van der Waals surface area contributed by atoms with Gasteiger partial charge in [-0.15, -0.1) is 0 Å². The monoisotopic (exact) mass is 329 g/mol. The van der Waals surface area contributed by atoms with E-state index in [0.29, 0.717) is 0 Å². The summed E-state index contributed by atoms with van der Waals surface area (Å²) < 4.78 is 5.29. The second-order valence-electron chi connectivity index (χ2n) is 6.23. The minimum atomic E-state index is -0.834. The summed E-state index contributed by atoms with van der Waals surface area (Å²) in [6.07, 6.45) is 0. The molecule has 1 aliphatic rings. The van der Waals surface area contributed by atoms with Gasteiger partial charge in [0.15, 0.2) is 0 Å². The van der Waals surface area contributed by atoms with Crippen molar-refractivity contribution in [3.63, 3.8) is 0 Å². The lowest BCUT2D eigenvalue weighted by atomic mass is 9.70.